The Morgan fingerprint density at radius 1 is 0.956 bits per heavy atom. The van der Waals surface area contributed by atoms with Gasteiger partial charge in [-0.15, -0.1) is 0 Å². The van der Waals surface area contributed by atoms with Crippen molar-refractivity contribution in [3.05, 3.63) is 11.6 Å². The van der Waals surface area contributed by atoms with Crippen LogP contribution in [-0.4, -0.2) is 81.9 Å². The van der Waals surface area contributed by atoms with Crippen molar-refractivity contribution < 1.29 is 28.6 Å². The summed E-state index contributed by atoms with van der Waals surface area (Å²) >= 11 is 0. The van der Waals surface area contributed by atoms with Crippen molar-refractivity contribution in [2.75, 3.05) is 48.0 Å². The minimum atomic E-state index is -0.563. The number of methoxy groups -OCH3 is 2. The number of nitrogens with zero attached hydrogens (tertiary/aromatic N) is 2. The molecule has 3 fully saturated rings. The maximum atomic E-state index is 12.9. The van der Waals surface area contributed by atoms with Crippen molar-refractivity contribution in [1.82, 2.24) is 9.80 Å². The van der Waals surface area contributed by atoms with Gasteiger partial charge in [0.05, 0.1) is 7.11 Å². The molecule has 45 heavy (non-hydrogen) atoms. The van der Waals surface area contributed by atoms with Gasteiger partial charge in [0.25, 0.3) is 0 Å². The van der Waals surface area contributed by atoms with Crippen molar-refractivity contribution in [3.8, 4) is 0 Å². The summed E-state index contributed by atoms with van der Waals surface area (Å²) in [6.07, 6.45) is 18.0. The SMILES string of the molecule is COCCC(C)CCCC[C@H]1CC[C@H]2[C@@H]3CC=C4C[C@@H](OC(=O)N(C)CCN(C)C(=O)CC(=O)OC)CC[C@]4(C)[C@H]3CC[C@]12C. The summed E-state index contributed by atoms with van der Waals surface area (Å²) < 4.78 is 15.8. The summed E-state index contributed by atoms with van der Waals surface area (Å²) in [5.74, 6) is 3.14. The van der Waals surface area contributed by atoms with Gasteiger partial charge in [0, 0.05) is 47.3 Å². The second kappa shape index (κ2) is 15.7. The molecule has 8 atom stereocenters. The Kier molecular flexibility index (Phi) is 12.4. The summed E-state index contributed by atoms with van der Waals surface area (Å²) in [6, 6.07) is 0. The number of carbonyl (C=O) groups is 3. The number of ether oxygens (including phenoxy) is 3. The van der Waals surface area contributed by atoms with Crippen molar-refractivity contribution in [3.63, 3.8) is 0 Å². The largest absolute Gasteiger partial charge is 0.469 e. The van der Waals surface area contributed by atoms with Crippen molar-refractivity contribution >= 4 is 18.0 Å². The Bertz CT molecular complexity index is 1060. The van der Waals surface area contributed by atoms with Crippen molar-refractivity contribution in [2.24, 2.45) is 40.4 Å². The third kappa shape index (κ3) is 8.26. The molecule has 4 aliphatic rings. The fourth-order valence-electron chi connectivity index (χ4n) is 9.74. The number of allylic oxidation sites excluding steroid dienone is 1. The molecule has 0 saturated heterocycles. The lowest BCUT2D eigenvalue weighted by Crippen LogP contribution is -2.50. The molecular formula is C37H62N2O6. The summed E-state index contributed by atoms with van der Waals surface area (Å²) in [5, 5.41) is 0. The molecule has 8 nitrogen and oxygen atoms in total. The van der Waals surface area contributed by atoms with Gasteiger partial charge in [-0.05, 0) is 98.2 Å². The van der Waals surface area contributed by atoms with E-state index < -0.39 is 5.97 Å². The number of unbranched alkanes of at least 4 members (excludes halogenated alkanes) is 1. The van der Waals surface area contributed by atoms with E-state index in [1.54, 1.807) is 21.2 Å². The molecule has 0 aromatic rings. The summed E-state index contributed by atoms with van der Waals surface area (Å²) in [6.45, 7) is 9.08. The van der Waals surface area contributed by atoms with E-state index in [-0.39, 0.29) is 29.9 Å². The minimum absolute atomic E-state index is 0.101. The van der Waals surface area contributed by atoms with Crippen LogP contribution in [0.5, 0.6) is 0 Å². The highest BCUT2D eigenvalue weighted by molar-refractivity contribution is 5.94. The molecule has 0 aromatic carbocycles. The van der Waals surface area contributed by atoms with E-state index in [1.165, 1.54) is 86.7 Å². The van der Waals surface area contributed by atoms with Crippen LogP contribution in [-0.2, 0) is 23.8 Å². The summed E-state index contributed by atoms with van der Waals surface area (Å²) in [4.78, 5) is 39.5. The first-order valence-electron chi connectivity index (χ1n) is 17.8. The fourth-order valence-corrected chi connectivity index (χ4v) is 9.74. The van der Waals surface area contributed by atoms with Crippen LogP contribution >= 0.6 is 0 Å². The van der Waals surface area contributed by atoms with Gasteiger partial charge in [-0.25, -0.2) is 4.79 Å². The Hall–Kier alpha value is -2.09. The quantitative estimate of drug-likeness (QED) is 0.0870. The highest BCUT2D eigenvalue weighted by atomic mass is 16.6. The lowest BCUT2D eigenvalue weighted by Gasteiger charge is -2.58. The average Bonchev–Trinajstić information content (AvgIpc) is 3.36. The van der Waals surface area contributed by atoms with E-state index in [0.717, 1.165) is 55.5 Å². The van der Waals surface area contributed by atoms with E-state index in [1.807, 2.05) is 0 Å². The first-order chi connectivity index (χ1) is 21.4. The van der Waals surface area contributed by atoms with Crippen molar-refractivity contribution in [1.29, 1.82) is 0 Å². The van der Waals surface area contributed by atoms with E-state index >= 15 is 0 Å². The van der Waals surface area contributed by atoms with Gasteiger partial charge in [0.1, 0.15) is 12.5 Å². The van der Waals surface area contributed by atoms with Crippen LogP contribution < -0.4 is 0 Å². The topological polar surface area (TPSA) is 85.4 Å². The number of amides is 2. The second-order valence-corrected chi connectivity index (χ2v) is 15.5. The van der Waals surface area contributed by atoms with Gasteiger partial charge in [0.15, 0.2) is 0 Å². The molecule has 0 N–H and O–H groups in total. The summed E-state index contributed by atoms with van der Waals surface area (Å²) in [7, 11) is 6.40. The van der Waals surface area contributed by atoms with Gasteiger partial charge in [-0.3, -0.25) is 9.59 Å². The molecule has 0 aliphatic heterocycles. The first kappa shape index (κ1) is 35.8. The molecule has 0 radical (unpaired) electrons. The van der Waals surface area contributed by atoms with Crippen LogP contribution in [0.4, 0.5) is 4.79 Å². The number of carbonyl (C=O) groups excluding carboxylic acids is 3. The summed E-state index contributed by atoms with van der Waals surface area (Å²) in [5.41, 5.74) is 2.24. The molecule has 0 heterocycles. The van der Waals surface area contributed by atoms with E-state index in [0.29, 0.717) is 18.5 Å². The third-order valence-corrected chi connectivity index (χ3v) is 12.9. The van der Waals surface area contributed by atoms with Crippen LogP contribution in [0.25, 0.3) is 0 Å². The molecule has 4 rings (SSSR count). The second-order valence-electron chi connectivity index (χ2n) is 15.5. The Morgan fingerprint density at radius 2 is 1.71 bits per heavy atom. The average molecular weight is 631 g/mol. The molecule has 0 aromatic heterocycles. The van der Waals surface area contributed by atoms with Crippen LogP contribution in [0.2, 0.25) is 0 Å². The molecule has 0 spiro atoms. The highest BCUT2D eigenvalue weighted by Gasteiger charge is 2.58. The number of hydrogen-bond acceptors (Lipinski definition) is 6. The Morgan fingerprint density at radius 3 is 2.44 bits per heavy atom. The van der Waals surface area contributed by atoms with Crippen LogP contribution in [0.3, 0.4) is 0 Å². The maximum absolute atomic E-state index is 12.9. The monoisotopic (exact) mass is 630 g/mol. The van der Waals surface area contributed by atoms with Crippen LogP contribution in [0.1, 0.15) is 111 Å². The molecular weight excluding hydrogens is 568 g/mol. The predicted molar refractivity (Wildman–Crippen MR) is 176 cm³/mol. The van der Waals surface area contributed by atoms with Crippen molar-refractivity contribution in [2.45, 2.75) is 117 Å². The number of esters is 1. The van der Waals surface area contributed by atoms with E-state index in [2.05, 4.69) is 31.6 Å². The zero-order valence-corrected chi connectivity index (χ0v) is 29.4. The molecule has 2 amide bonds. The molecule has 8 heteroatoms. The smallest absolute Gasteiger partial charge is 0.409 e. The molecule has 1 unspecified atom stereocenters. The van der Waals surface area contributed by atoms with Gasteiger partial charge in [-0.1, -0.05) is 51.7 Å². The van der Waals surface area contributed by atoms with Crippen LogP contribution in [0.15, 0.2) is 11.6 Å². The van der Waals surface area contributed by atoms with E-state index in [4.69, 9.17) is 9.47 Å². The lowest BCUT2D eigenvalue weighted by atomic mass is 9.47. The molecule has 3 saturated carbocycles. The zero-order valence-electron chi connectivity index (χ0n) is 29.4. The predicted octanol–water partition coefficient (Wildman–Crippen LogP) is 7.26. The lowest BCUT2D eigenvalue weighted by molar-refractivity contribution is -0.146. The van der Waals surface area contributed by atoms with Gasteiger partial charge < -0.3 is 24.0 Å². The maximum Gasteiger partial charge on any atom is 0.409 e. The molecule has 4 aliphatic carbocycles. The number of fused-ring (bicyclic) bond motifs is 5. The molecule has 0 bridgehead atoms. The number of likely N-dealkylation sites (N-methyl/N-ethyl adjacent to an activating group) is 2. The van der Waals surface area contributed by atoms with Gasteiger partial charge in [-0.2, -0.15) is 0 Å². The number of hydrogen-bond donors (Lipinski definition) is 0. The van der Waals surface area contributed by atoms with Crippen LogP contribution in [0, 0.1) is 40.4 Å². The first-order valence-corrected chi connectivity index (χ1v) is 17.8. The van der Waals surface area contributed by atoms with Gasteiger partial charge >= 0.3 is 12.1 Å². The Labute approximate surface area is 273 Å². The highest BCUT2D eigenvalue weighted by Crippen LogP contribution is 2.66. The minimum Gasteiger partial charge on any atom is -0.469 e. The Balaban J connectivity index is 1.26. The normalized spacial score (nSPS) is 32.8. The molecule has 256 valence electrons. The van der Waals surface area contributed by atoms with Gasteiger partial charge in [0.2, 0.25) is 5.91 Å². The standard InChI is InChI=1S/C37H62N2O6/c1-26(18-23-43-6)10-8-9-11-27-13-15-31-30-14-12-28-24-29(16-19-37(28,3)32(30)17-20-36(27,31)2)45-35(42)39(5)22-21-38(4)33(40)25-34(41)44-7/h12,26-27,29-32H,8-11,13-25H2,1-7H3/t26?,27-,29-,30-,31-,32-,36+,37-/m0/s1. The van der Waals surface area contributed by atoms with E-state index in [9.17, 15) is 14.4 Å². The number of rotatable bonds is 14. The third-order valence-electron chi connectivity index (χ3n) is 12.9. The zero-order chi connectivity index (χ0) is 32.8. The fraction of sp³-hybridized carbons (Fsp3) is 0.865.